The van der Waals surface area contributed by atoms with Crippen molar-refractivity contribution in [3.05, 3.63) is 40.3 Å². The Labute approximate surface area is 174 Å². The number of carbonyl (C=O) groups is 3. The van der Waals surface area contributed by atoms with Gasteiger partial charge in [-0.15, -0.1) is 0 Å². The number of nitrogens with zero attached hydrogens (tertiary/aromatic N) is 1. The molecule has 28 heavy (non-hydrogen) atoms. The molecule has 1 aromatic carbocycles. The van der Waals surface area contributed by atoms with Crippen molar-refractivity contribution < 1.29 is 19.5 Å². The van der Waals surface area contributed by atoms with Gasteiger partial charge >= 0.3 is 0 Å². The van der Waals surface area contributed by atoms with Crippen LogP contribution in [0.15, 0.2) is 29.2 Å². The fourth-order valence-electron chi connectivity index (χ4n) is 2.64. The highest BCUT2D eigenvalue weighted by atomic mass is 32.2. The van der Waals surface area contributed by atoms with E-state index in [1.54, 1.807) is 6.08 Å². The maximum Gasteiger partial charge on any atom is 0.266 e. The third-order valence-electron chi connectivity index (χ3n) is 4.28. The summed E-state index contributed by atoms with van der Waals surface area (Å²) in [4.78, 5) is 37.7. The van der Waals surface area contributed by atoms with E-state index in [4.69, 9.17) is 12.2 Å². The summed E-state index contributed by atoms with van der Waals surface area (Å²) >= 11 is 6.46. The molecule has 1 fully saturated rings. The lowest BCUT2D eigenvalue weighted by molar-refractivity contribution is -0.308. The van der Waals surface area contributed by atoms with Crippen LogP contribution in [-0.4, -0.2) is 39.6 Å². The van der Waals surface area contributed by atoms with E-state index in [9.17, 15) is 19.5 Å². The topological polar surface area (TPSA) is 89.5 Å². The number of thioether (sulfide) groups is 1. The lowest BCUT2D eigenvalue weighted by Crippen LogP contribution is -2.48. The first-order chi connectivity index (χ1) is 13.3. The van der Waals surface area contributed by atoms with Crippen LogP contribution in [0.4, 0.5) is 0 Å². The van der Waals surface area contributed by atoms with Gasteiger partial charge in [-0.05, 0) is 25.0 Å². The molecule has 1 heterocycles. The fraction of sp³-hybridized carbons (Fsp3) is 0.400. The first kappa shape index (κ1) is 22.1. The Balaban J connectivity index is 1.94. The molecule has 150 valence electrons. The zero-order chi connectivity index (χ0) is 20.7. The third kappa shape index (κ3) is 6.17. The molecule has 0 saturated carbocycles. The van der Waals surface area contributed by atoms with Crippen LogP contribution >= 0.6 is 24.0 Å². The number of hydrogen-bond acceptors (Lipinski definition) is 6. The number of benzene rings is 1. The first-order valence-corrected chi connectivity index (χ1v) is 10.4. The van der Waals surface area contributed by atoms with Crippen molar-refractivity contribution in [2.24, 2.45) is 0 Å². The smallest absolute Gasteiger partial charge is 0.266 e. The van der Waals surface area contributed by atoms with Crippen molar-refractivity contribution >= 4 is 52.2 Å². The number of carboxylic acid groups (broad SMARTS) is 1. The van der Waals surface area contributed by atoms with Gasteiger partial charge in [0, 0.05) is 13.0 Å². The normalized spacial score (nSPS) is 16.5. The third-order valence-corrected chi connectivity index (χ3v) is 5.66. The molecule has 6 nitrogen and oxygen atoms in total. The Bertz CT molecular complexity index is 790. The number of hydrogen-bond donors (Lipinski definition) is 1. The average Bonchev–Trinajstić information content (AvgIpc) is 2.91. The predicted molar refractivity (Wildman–Crippen MR) is 112 cm³/mol. The highest BCUT2D eigenvalue weighted by molar-refractivity contribution is 8.26. The minimum atomic E-state index is -1.30. The van der Waals surface area contributed by atoms with E-state index in [1.807, 2.05) is 38.1 Å². The lowest BCUT2D eigenvalue weighted by Gasteiger charge is -2.20. The van der Waals surface area contributed by atoms with Crippen LogP contribution in [0.2, 0.25) is 0 Å². The molecular weight excluding hydrogens is 396 g/mol. The molecule has 1 aliphatic rings. The molecule has 8 heteroatoms. The van der Waals surface area contributed by atoms with Crippen molar-refractivity contribution in [3.63, 3.8) is 0 Å². The van der Waals surface area contributed by atoms with Gasteiger partial charge in [-0.1, -0.05) is 73.6 Å². The van der Waals surface area contributed by atoms with E-state index in [2.05, 4.69) is 5.32 Å². The minimum absolute atomic E-state index is 0.0276. The second-order valence-corrected chi connectivity index (χ2v) is 8.25. The van der Waals surface area contributed by atoms with Gasteiger partial charge in [0.05, 0.1) is 16.9 Å². The number of amides is 2. The van der Waals surface area contributed by atoms with Gasteiger partial charge in [0.1, 0.15) is 4.32 Å². The molecule has 0 unspecified atom stereocenters. The summed E-state index contributed by atoms with van der Waals surface area (Å²) in [6.45, 7) is 4.03. The Kier molecular flexibility index (Phi) is 8.19. The zero-order valence-corrected chi connectivity index (χ0v) is 17.5. The van der Waals surface area contributed by atoms with Crippen molar-refractivity contribution in [2.75, 3.05) is 6.54 Å². The maximum absolute atomic E-state index is 12.6. The quantitative estimate of drug-likeness (QED) is 0.487. The molecule has 2 rings (SSSR count). The van der Waals surface area contributed by atoms with E-state index < -0.39 is 17.9 Å². The lowest BCUT2D eigenvalue weighted by atomic mass is 10.1. The molecule has 1 saturated heterocycles. The number of carbonyl (C=O) groups excluding carboxylic acids is 3. The molecule has 1 N–H and O–H groups in total. The molecular formula is C20H23N2O4S2-. The van der Waals surface area contributed by atoms with Gasteiger partial charge in [0.15, 0.2) is 0 Å². The van der Waals surface area contributed by atoms with Crippen molar-refractivity contribution in [2.45, 2.75) is 45.6 Å². The van der Waals surface area contributed by atoms with Gasteiger partial charge in [-0.2, -0.15) is 0 Å². The van der Waals surface area contributed by atoms with Crippen LogP contribution in [0.1, 0.15) is 43.7 Å². The Morgan fingerprint density at radius 1 is 1.32 bits per heavy atom. The average molecular weight is 420 g/mol. The van der Waals surface area contributed by atoms with Gasteiger partial charge in [0.25, 0.3) is 5.91 Å². The summed E-state index contributed by atoms with van der Waals surface area (Å²) in [6, 6.07) is 6.75. The van der Waals surface area contributed by atoms with Crippen LogP contribution in [0, 0.1) is 6.92 Å². The molecule has 0 radical (unpaired) electrons. The van der Waals surface area contributed by atoms with Crippen LogP contribution in [0.25, 0.3) is 6.08 Å². The summed E-state index contributed by atoms with van der Waals surface area (Å²) in [5.74, 6) is -1.99. The van der Waals surface area contributed by atoms with Crippen LogP contribution in [-0.2, 0) is 14.4 Å². The number of aryl methyl sites for hydroxylation is 1. The van der Waals surface area contributed by atoms with E-state index >= 15 is 0 Å². The molecule has 1 aromatic rings. The highest BCUT2D eigenvalue weighted by Gasteiger charge is 2.32. The summed E-state index contributed by atoms with van der Waals surface area (Å²) < 4.78 is 0.388. The molecule has 1 atom stereocenters. The highest BCUT2D eigenvalue weighted by Crippen LogP contribution is 2.32. The van der Waals surface area contributed by atoms with Crippen molar-refractivity contribution in [3.8, 4) is 0 Å². The van der Waals surface area contributed by atoms with Crippen molar-refractivity contribution in [1.29, 1.82) is 0 Å². The molecule has 0 spiro atoms. The fourth-order valence-corrected chi connectivity index (χ4v) is 3.95. The van der Waals surface area contributed by atoms with Gasteiger partial charge < -0.3 is 15.2 Å². The summed E-state index contributed by atoms with van der Waals surface area (Å²) in [7, 11) is 0. The van der Waals surface area contributed by atoms with Gasteiger partial charge in [-0.3, -0.25) is 14.5 Å². The number of aliphatic carboxylic acids is 1. The Morgan fingerprint density at radius 2 is 2.00 bits per heavy atom. The van der Waals surface area contributed by atoms with Crippen molar-refractivity contribution in [1.82, 2.24) is 10.2 Å². The number of unbranched alkanes of at least 4 members (excludes halogenated alkanes) is 1. The second-order valence-electron chi connectivity index (χ2n) is 6.58. The number of rotatable bonds is 9. The van der Waals surface area contributed by atoms with E-state index in [1.165, 1.54) is 16.7 Å². The molecule has 2 amide bonds. The van der Waals surface area contributed by atoms with E-state index in [0.717, 1.165) is 17.5 Å². The molecule has 1 aliphatic heterocycles. The predicted octanol–water partition coefficient (Wildman–Crippen LogP) is 2.01. The number of thiocarbonyl (C=S) groups is 1. The largest absolute Gasteiger partial charge is 0.548 e. The van der Waals surface area contributed by atoms with Crippen LogP contribution in [0.3, 0.4) is 0 Å². The number of carboxylic acids is 1. The van der Waals surface area contributed by atoms with Crippen LogP contribution < -0.4 is 10.4 Å². The van der Waals surface area contributed by atoms with Gasteiger partial charge in [0.2, 0.25) is 5.91 Å². The van der Waals surface area contributed by atoms with Crippen LogP contribution in [0.5, 0.6) is 0 Å². The molecule has 0 bridgehead atoms. The Hall–Kier alpha value is -2.19. The molecule has 0 aromatic heterocycles. The van der Waals surface area contributed by atoms with E-state index in [0.29, 0.717) is 22.1 Å². The second kappa shape index (κ2) is 10.4. The zero-order valence-electron chi connectivity index (χ0n) is 15.9. The Morgan fingerprint density at radius 3 is 2.61 bits per heavy atom. The molecule has 0 aliphatic carbocycles. The minimum Gasteiger partial charge on any atom is -0.548 e. The summed E-state index contributed by atoms with van der Waals surface area (Å²) in [6.07, 6.45) is 3.57. The first-order valence-electron chi connectivity index (χ1n) is 9.14. The summed E-state index contributed by atoms with van der Waals surface area (Å²) in [5, 5.41) is 13.6. The maximum atomic E-state index is 12.6. The van der Waals surface area contributed by atoms with Gasteiger partial charge in [-0.25, -0.2) is 0 Å². The van der Waals surface area contributed by atoms with E-state index in [-0.39, 0.29) is 18.9 Å². The SMILES string of the molecule is CCCC[C@H](NC(=O)CCN1C(=O)/C(=C\c2ccc(C)cc2)SC1=S)C(=O)[O-]. The summed E-state index contributed by atoms with van der Waals surface area (Å²) in [5.41, 5.74) is 2.03. The number of nitrogens with one attached hydrogen (secondary N) is 1. The standard InChI is InChI=1S/C20H24N2O4S2/c1-3-4-5-15(19(25)26)21-17(23)10-11-22-18(24)16(28-20(22)27)12-14-8-6-13(2)7-9-14/h6-9,12,15H,3-5,10-11H2,1-2H3,(H,21,23)(H,25,26)/p-1/b16-12+/t15-/m0/s1. The monoisotopic (exact) mass is 419 g/mol.